The van der Waals surface area contributed by atoms with E-state index in [9.17, 15) is 4.39 Å². The summed E-state index contributed by atoms with van der Waals surface area (Å²) >= 11 is 0. The molecule has 0 fully saturated rings. The first-order chi connectivity index (χ1) is 10.0. The van der Waals surface area contributed by atoms with Crippen LogP contribution in [-0.2, 0) is 6.42 Å². The van der Waals surface area contributed by atoms with Gasteiger partial charge in [0.05, 0.1) is 6.04 Å². The van der Waals surface area contributed by atoms with Gasteiger partial charge in [0, 0.05) is 0 Å². The predicted octanol–water partition coefficient (Wildman–Crippen LogP) is 2.83. The highest BCUT2D eigenvalue weighted by Crippen LogP contribution is 2.37. The lowest BCUT2D eigenvalue weighted by Crippen LogP contribution is -2.18. The van der Waals surface area contributed by atoms with Crippen molar-refractivity contribution in [3.05, 3.63) is 41.2 Å². The van der Waals surface area contributed by atoms with E-state index < -0.39 is 6.17 Å². The molecule has 3 atom stereocenters. The monoisotopic (exact) mass is 287 g/mol. The highest BCUT2D eigenvalue weighted by molar-refractivity contribution is 5.42. The largest absolute Gasteiger partial charge is 0.368 e. The van der Waals surface area contributed by atoms with Gasteiger partial charge in [0.15, 0.2) is 12.0 Å². The van der Waals surface area contributed by atoms with Gasteiger partial charge in [-0.1, -0.05) is 31.2 Å². The van der Waals surface area contributed by atoms with Crippen molar-refractivity contribution in [3.8, 4) is 0 Å². The van der Waals surface area contributed by atoms with E-state index in [2.05, 4.69) is 39.3 Å². The Morgan fingerprint density at radius 2 is 2.05 bits per heavy atom. The van der Waals surface area contributed by atoms with Crippen molar-refractivity contribution >= 4 is 11.9 Å². The molecule has 3 rings (SSSR count). The summed E-state index contributed by atoms with van der Waals surface area (Å²) in [5, 5.41) is 3.27. The van der Waals surface area contributed by atoms with Crippen LogP contribution >= 0.6 is 0 Å². The zero-order chi connectivity index (χ0) is 15.0. The van der Waals surface area contributed by atoms with E-state index in [1.54, 1.807) is 0 Å². The molecule has 6 heteroatoms. The second-order valence-electron chi connectivity index (χ2n) is 5.49. The van der Waals surface area contributed by atoms with Crippen LogP contribution in [0, 0.1) is 5.92 Å². The molecule has 0 unspecified atom stereocenters. The average molecular weight is 287 g/mol. The van der Waals surface area contributed by atoms with Gasteiger partial charge < -0.3 is 11.1 Å². The van der Waals surface area contributed by atoms with Crippen molar-refractivity contribution in [2.45, 2.75) is 32.5 Å². The lowest BCUT2D eigenvalue weighted by molar-refractivity contribution is 0.356. The Balaban J connectivity index is 1.90. The van der Waals surface area contributed by atoms with Crippen molar-refractivity contribution in [2.75, 3.05) is 11.1 Å². The number of hydrogen-bond donors (Lipinski definition) is 2. The van der Waals surface area contributed by atoms with Crippen LogP contribution in [0.5, 0.6) is 0 Å². The SMILES string of the molecule is C[C@@H](F)c1nc(N)nc(N[C@H]2c3ccccc3C[C@@H]2C)n1. The number of anilines is 2. The predicted molar refractivity (Wildman–Crippen MR) is 79.4 cm³/mol. The molecule has 110 valence electrons. The molecule has 0 saturated carbocycles. The van der Waals surface area contributed by atoms with E-state index in [1.807, 2.05) is 12.1 Å². The third-order valence-electron chi connectivity index (χ3n) is 3.81. The summed E-state index contributed by atoms with van der Waals surface area (Å²) in [6.07, 6.45) is -0.273. The summed E-state index contributed by atoms with van der Waals surface area (Å²) in [5.74, 6) is 0.831. The summed E-state index contributed by atoms with van der Waals surface area (Å²) in [5.41, 5.74) is 8.19. The van der Waals surface area contributed by atoms with Gasteiger partial charge in [0.1, 0.15) is 0 Å². The van der Waals surface area contributed by atoms with Crippen LogP contribution in [0.15, 0.2) is 24.3 Å². The molecule has 1 heterocycles. The Morgan fingerprint density at radius 1 is 1.29 bits per heavy atom. The van der Waals surface area contributed by atoms with Crippen LogP contribution in [0.25, 0.3) is 0 Å². The normalized spacial score (nSPS) is 21.9. The average Bonchev–Trinajstić information content (AvgIpc) is 2.75. The summed E-state index contributed by atoms with van der Waals surface area (Å²) < 4.78 is 13.4. The van der Waals surface area contributed by atoms with E-state index in [-0.39, 0.29) is 17.8 Å². The molecular weight excluding hydrogens is 269 g/mol. The quantitative estimate of drug-likeness (QED) is 0.907. The van der Waals surface area contributed by atoms with E-state index in [0.717, 1.165) is 6.42 Å². The molecule has 0 saturated heterocycles. The van der Waals surface area contributed by atoms with E-state index in [0.29, 0.717) is 11.9 Å². The van der Waals surface area contributed by atoms with Crippen LogP contribution in [0.1, 0.15) is 43.0 Å². The van der Waals surface area contributed by atoms with Crippen LogP contribution in [-0.4, -0.2) is 15.0 Å². The third-order valence-corrected chi connectivity index (χ3v) is 3.81. The smallest absolute Gasteiger partial charge is 0.228 e. The molecule has 0 spiro atoms. The first kappa shape index (κ1) is 13.7. The number of benzene rings is 1. The van der Waals surface area contributed by atoms with Crippen LogP contribution in [0.4, 0.5) is 16.3 Å². The number of rotatable bonds is 3. The minimum absolute atomic E-state index is 0.0333. The molecule has 1 aliphatic carbocycles. The van der Waals surface area contributed by atoms with Gasteiger partial charge in [-0.2, -0.15) is 15.0 Å². The van der Waals surface area contributed by atoms with Crippen LogP contribution in [0.3, 0.4) is 0 Å². The van der Waals surface area contributed by atoms with Crippen molar-refractivity contribution in [3.63, 3.8) is 0 Å². The molecule has 1 aliphatic rings. The van der Waals surface area contributed by atoms with Gasteiger partial charge in [-0.3, -0.25) is 0 Å². The lowest BCUT2D eigenvalue weighted by Gasteiger charge is -2.19. The molecule has 0 radical (unpaired) electrons. The lowest BCUT2D eigenvalue weighted by atomic mass is 10.0. The second kappa shape index (κ2) is 5.27. The van der Waals surface area contributed by atoms with Gasteiger partial charge in [-0.25, -0.2) is 4.39 Å². The second-order valence-corrected chi connectivity index (χ2v) is 5.49. The molecular formula is C15H18FN5. The van der Waals surface area contributed by atoms with Gasteiger partial charge in [-0.15, -0.1) is 0 Å². The number of alkyl halides is 1. The number of nitrogens with zero attached hydrogens (tertiary/aromatic N) is 3. The molecule has 0 aliphatic heterocycles. The van der Waals surface area contributed by atoms with E-state index in [1.165, 1.54) is 18.1 Å². The molecule has 0 bridgehead atoms. The molecule has 21 heavy (non-hydrogen) atoms. The highest BCUT2D eigenvalue weighted by atomic mass is 19.1. The summed E-state index contributed by atoms with van der Waals surface area (Å²) in [4.78, 5) is 12.0. The molecule has 0 amide bonds. The van der Waals surface area contributed by atoms with Gasteiger partial charge in [0.25, 0.3) is 0 Å². The minimum Gasteiger partial charge on any atom is -0.368 e. The number of fused-ring (bicyclic) bond motifs is 1. The first-order valence-electron chi connectivity index (χ1n) is 7.04. The van der Waals surface area contributed by atoms with Gasteiger partial charge in [0.2, 0.25) is 11.9 Å². The van der Waals surface area contributed by atoms with Crippen LogP contribution in [0.2, 0.25) is 0 Å². The number of halogens is 1. The Kier molecular flexibility index (Phi) is 3.45. The zero-order valence-electron chi connectivity index (χ0n) is 12.0. The van der Waals surface area contributed by atoms with E-state index >= 15 is 0 Å². The summed E-state index contributed by atoms with van der Waals surface area (Å²) in [6.45, 7) is 3.55. The maximum Gasteiger partial charge on any atom is 0.228 e. The first-order valence-corrected chi connectivity index (χ1v) is 7.04. The standard InChI is InChI=1S/C15H18FN5/c1-8-7-10-5-3-4-6-11(10)12(8)18-15-20-13(9(2)16)19-14(17)21-15/h3-6,8-9,12H,7H2,1-2H3,(H3,17,18,19,20,21)/t8-,9+,12+/m0/s1. The number of nitrogens with two attached hydrogens (primary N) is 1. The maximum absolute atomic E-state index is 13.4. The van der Waals surface area contributed by atoms with Gasteiger partial charge in [-0.05, 0) is 30.4 Å². The Morgan fingerprint density at radius 3 is 2.81 bits per heavy atom. The molecule has 1 aromatic heterocycles. The topological polar surface area (TPSA) is 76.7 Å². The number of nitrogens with one attached hydrogen (secondary N) is 1. The molecule has 1 aromatic carbocycles. The maximum atomic E-state index is 13.4. The third kappa shape index (κ3) is 2.66. The number of hydrogen-bond acceptors (Lipinski definition) is 5. The van der Waals surface area contributed by atoms with Crippen molar-refractivity contribution in [1.29, 1.82) is 0 Å². The summed E-state index contributed by atoms with van der Waals surface area (Å²) in [6, 6.07) is 8.38. The molecule has 5 nitrogen and oxygen atoms in total. The van der Waals surface area contributed by atoms with Gasteiger partial charge >= 0.3 is 0 Å². The Hall–Kier alpha value is -2.24. The van der Waals surface area contributed by atoms with E-state index in [4.69, 9.17) is 5.73 Å². The highest BCUT2D eigenvalue weighted by Gasteiger charge is 2.29. The fraction of sp³-hybridized carbons (Fsp3) is 0.400. The zero-order valence-corrected chi connectivity index (χ0v) is 12.0. The summed E-state index contributed by atoms with van der Waals surface area (Å²) in [7, 11) is 0. The fourth-order valence-corrected chi connectivity index (χ4v) is 2.81. The van der Waals surface area contributed by atoms with Crippen molar-refractivity contribution in [2.24, 2.45) is 5.92 Å². The number of nitrogen functional groups attached to an aromatic ring is 1. The van der Waals surface area contributed by atoms with Crippen molar-refractivity contribution in [1.82, 2.24) is 15.0 Å². The van der Waals surface area contributed by atoms with Crippen molar-refractivity contribution < 1.29 is 4.39 Å². The molecule has 3 N–H and O–H groups in total. The number of aromatic nitrogens is 3. The Labute approximate surface area is 122 Å². The molecule has 2 aromatic rings. The minimum atomic E-state index is -1.27. The van der Waals surface area contributed by atoms with Crippen LogP contribution < -0.4 is 11.1 Å². The fourth-order valence-electron chi connectivity index (χ4n) is 2.81. The Bertz CT molecular complexity index is 658.